The Kier molecular flexibility index (Phi) is 12.1. The van der Waals surface area contributed by atoms with E-state index in [1.165, 1.54) is 6.92 Å². The molecule has 0 aromatic carbocycles. The molecule has 0 spiro atoms. The Morgan fingerprint density at radius 3 is 2.57 bits per heavy atom. The number of carbonyl (C=O) groups excluding carboxylic acids is 3. The zero-order chi connectivity index (χ0) is 22.6. The van der Waals surface area contributed by atoms with E-state index in [-0.39, 0.29) is 36.4 Å². The largest absolute Gasteiger partial charge is 0.458 e. The van der Waals surface area contributed by atoms with Gasteiger partial charge in [-0.2, -0.15) is 0 Å². The van der Waals surface area contributed by atoms with E-state index in [9.17, 15) is 24.6 Å². The molecule has 1 saturated carbocycles. The first-order chi connectivity index (χ1) is 14.2. The van der Waals surface area contributed by atoms with Crippen molar-refractivity contribution in [3.8, 4) is 0 Å². The second-order valence-electron chi connectivity index (χ2n) is 8.93. The number of hydrogen-bond donors (Lipinski definition) is 2. The first-order valence-corrected chi connectivity index (χ1v) is 11.4. The minimum absolute atomic E-state index is 0.0701. The van der Waals surface area contributed by atoms with Crippen LogP contribution in [-0.2, 0) is 19.1 Å². The van der Waals surface area contributed by atoms with Crippen LogP contribution in [0.3, 0.4) is 0 Å². The molecule has 0 aromatic rings. The highest BCUT2D eigenvalue weighted by atomic mass is 16.5. The van der Waals surface area contributed by atoms with Gasteiger partial charge in [0, 0.05) is 31.6 Å². The van der Waals surface area contributed by atoms with Crippen molar-refractivity contribution in [2.24, 2.45) is 11.8 Å². The normalized spacial score (nSPS) is 23.6. The van der Waals surface area contributed by atoms with Crippen LogP contribution in [0.5, 0.6) is 0 Å². The summed E-state index contributed by atoms with van der Waals surface area (Å²) < 4.78 is 4.68. The molecule has 0 heterocycles. The molecule has 1 fully saturated rings. The monoisotopic (exact) mass is 424 g/mol. The van der Waals surface area contributed by atoms with Crippen molar-refractivity contribution in [3.63, 3.8) is 0 Å². The third-order valence-corrected chi connectivity index (χ3v) is 5.87. The van der Waals surface area contributed by atoms with E-state index in [4.69, 9.17) is 0 Å². The predicted molar refractivity (Wildman–Crippen MR) is 116 cm³/mol. The smallest absolute Gasteiger partial charge is 0.303 e. The SMILES string of the molecule is CCCCC(C)(O)C/C=C/[C@H]1[C@H](O)CC(=O)[C@@H]1CCCCCCC(=O)COC(C)=O. The second-order valence-corrected chi connectivity index (χ2v) is 8.93. The molecule has 1 aliphatic rings. The van der Waals surface area contributed by atoms with Crippen LogP contribution in [0.2, 0.25) is 0 Å². The lowest BCUT2D eigenvalue weighted by Gasteiger charge is -2.22. The van der Waals surface area contributed by atoms with Gasteiger partial charge in [-0.05, 0) is 32.6 Å². The number of ether oxygens (including phenoxy) is 1. The minimum Gasteiger partial charge on any atom is -0.458 e. The fraction of sp³-hybridized carbons (Fsp3) is 0.792. The van der Waals surface area contributed by atoms with Crippen molar-refractivity contribution < 1.29 is 29.3 Å². The third kappa shape index (κ3) is 10.5. The summed E-state index contributed by atoms with van der Waals surface area (Å²) in [6.45, 7) is 5.06. The molecule has 0 saturated heterocycles. The molecule has 1 rings (SSSR count). The summed E-state index contributed by atoms with van der Waals surface area (Å²) in [4.78, 5) is 34.6. The summed E-state index contributed by atoms with van der Waals surface area (Å²) in [5, 5.41) is 20.7. The maximum Gasteiger partial charge on any atom is 0.303 e. The van der Waals surface area contributed by atoms with Gasteiger partial charge in [-0.15, -0.1) is 0 Å². The Hall–Kier alpha value is -1.53. The number of rotatable bonds is 15. The molecule has 2 N–H and O–H groups in total. The highest BCUT2D eigenvalue weighted by molar-refractivity contribution is 5.84. The van der Waals surface area contributed by atoms with Crippen LogP contribution in [0.25, 0.3) is 0 Å². The van der Waals surface area contributed by atoms with Crippen LogP contribution in [0, 0.1) is 11.8 Å². The highest BCUT2D eigenvalue weighted by Crippen LogP contribution is 2.34. The first kappa shape index (κ1) is 26.5. The van der Waals surface area contributed by atoms with Crippen LogP contribution in [0.1, 0.15) is 91.4 Å². The van der Waals surface area contributed by atoms with Crippen LogP contribution in [-0.4, -0.2) is 46.1 Å². The highest BCUT2D eigenvalue weighted by Gasteiger charge is 2.39. The van der Waals surface area contributed by atoms with Gasteiger partial charge in [0.25, 0.3) is 0 Å². The summed E-state index contributed by atoms with van der Waals surface area (Å²) >= 11 is 0. The number of carbonyl (C=O) groups is 3. The van der Waals surface area contributed by atoms with Crippen LogP contribution < -0.4 is 0 Å². The molecule has 4 atom stereocenters. The first-order valence-electron chi connectivity index (χ1n) is 11.4. The summed E-state index contributed by atoms with van der Waals surface area (Å²) in [5.41, 5.74) is -0.748. The van der Waals surface area contributed by atoms with Crippen molar-refractivity contribution in [2.75, 3.05) is 6.61 Å². The quantitative estimate of drug-likeness (QED) is 0.235. The minimum atomic E-state index is -0.748. The van der Waals surface area contributed by atoms with Gasteiger partial charge in [0.2, 0.25) is 0 Å². The summed E-state index contributed by atoms with van der Waals surface area (Å²) in [5.74, 6) is -0.738. The Balaban J connectivity index is 2.35. The van der Waals surface area contributed by atoms with Crippen molar-refractivity contribution >= 4 is 17.5 Å². The van der Waals surface area contributed by atoms with Crippen LogP contribution in [0.15, 0.2) is 12.2 Å². The molecule has 1 unspecified atom stereocenters. The average molecular weight is 425 g/mol. The standard InChI is InChI=1S/C24H40O6/c1-4-5-14-24(3,29)15-10-13-21-20(22(27)16-23(21)28)12-9-7-6-8-11-19(26)17-30-18(2)25/h10,13,20-21,23,28-29H,4-9,11-12,14-17H2,1-3H3/b13-10+/t20-,21-,23-,24?/m1/s1. The van der Waals surface area contributed by atoms with Crippen LogP contribution in [0.4, 0.5) is 0 Å². The van der Waals surface area contributed by atoms with Gasteiger partial charge in [0.1, 0.15) is 12.4 Å². The molecule has 0 aromatic heterocycles. The van der Waals surface area contributed by atoms with E-state index >= 15 is 0 Å². The van der Waals surface area contributed by atoms with Gasteiger partial charge in [-0.25, -0.2) is 0 Å². The van der Waals surface area contributed by atoms with Gasteiger partial charge < -0.3 is 14.9 Å². The van der Waals surface area contributed by atoms with Crippen molar-refractivity contribution in [1.82, 2.24) is 0 Å². The average Bonchev–Trinajstić information content (AvgIpc) is 2.94. The Labute approximate surface area is 181 Å². The predicted octanol–water partition coefficient (Wildman–Crippen LogP) is 3.91. The molecule has 6 heteroatoms. The van der Waals surface area contributed by atoms with Crippen molar-refractivity contribution in [1.29, 1.82) is 0 Å². The zero-order valence-electron chi connectivity index (χ0n) is 18.9. The number of hydrogen-bond acceptors (Lipinski definition) is 6. The Bertz CT molecular complexity index is 580. The van der Waals surface area contributed by atoms with E-state index in [0.717, 1.165) is 51.4 Å². The maximum absolute atomic E-state index is 12.3. The number of ketones is 2. The van der Waals surface area contributed by atoms with E-state index < -0.39 is 17.7 Å². The van der Waals surface area contributed by atoms with E-state index in [2.05, 4.69) is 11.7 Å². The topological polar surface area (TPSA) is 101 Å². The lowest BCUT2D eigenvalue weighted by atomic mass is 9.87. The van der Waals surface area contributed by atoms with Gasteiger partial charge in [0.05, 0.1) is 11.7 Å². The Morgan fingerprint density at radius 2 is 1.90 bits per heavy atom. The molecule has 0 bridgehead atoms. The van der Waals surface area contributed by atoms with Crippen molar-refractivity contribution in [2.45, 2.75) is 103 Å². The number of Topliss-reactive ketones (excluding diaryl/α,β-unsaturated/α-hetero) is 2. The lowest BCUT2D eigenvalue weighted by molar-refractivity contribution is -0.145. The van der Waals surface area contributed by atoms with E-state index in [1.54, 1.807) is 0 Å². The number of esters is 1. The molecule has 6 nitrogen and oxygen atoms in total. The maximum atomic E-state index is 12.3. The molecule has 0 aliphatic heterocycles. The van der Waals surface area contributed by atoms with Gasteiger partial charge in [0.15, 0.2) is 5.78 Å². The fourth-order valence-electron chi connectivity index (χ4n) is 4.03. The fourth-order valence-corrected chi connectivity index (χ4v) is 4.03. The molecule has 1 aliphatic carbocycles. The molecule has 0 amide bonds. The Morgan fingerprint density at radius 1 is 1.20 bits per heavy atom. The number of aliphatic hydroxyl groups is 2. The number of aliphatic hydroxyl groups excluding tert-OH is 1. The van der Waals surface area contributed by atoms with Crippen LogP contribution >= 0.6 is 0 Å². The third-order valence-electron chi connectivity index (χ3n) is 5.87. The van der Waals surface area contributed by atoms with E-state index in [1.807, 2.05) is 19.1 Å². The molecular weight excluding hydrogens is 384 g/mol. The van der Waals surface area contributed by atoms with Gasteiger partial charge in [-0.3, -0.25) is 14.4 Å². The lowest BCUT2D eigenvalue weighted by Crippen LogP contribution is -2.23. The van der Waals surface area contributed by atoms with Gasteiger partial charge >= 0.3 is 5.97 Å². The number of unbranched alkanes of at least 4 members (excludes halogenated alkanes) is 4. The summed E-state index contributed by atoms with van der Waals surface area (Å²) in [6.07, 6.45) is 11.3. The van der Waals surface area contributed by atoms with Gasteiger partial charge in [-0.1, -0.05) is 51.2 Å². The molecule has 0 radical (unpaired) electrons. The summed E-state index contributed by atoms with van der Waals surface area (Å²) in [7, 11) is 0. The molecular formula is C24H40O6. The second kappa shape index (κ2) is 13.7. The molecule has 172 valence electrons. The van der Waals surface area contributed by atoms with E-state index in [0.29, 0.717) is 12.8 Å². The molecule has 30 heavy (non-hydrogen) atoms. The summed E-state index contributed by atoms with van der Waals surface area (Å²) in [6, 6.07) is 0. The zero-order valence-corrected chi connectivity index (χ0v) is 18.9. The van der Waals surface area contributed by atoms with Crippen molar-refractivity contribution in [3.05, 3.63) is 12.2 Å².